The number of likely N-dealkylation sites (tertiary alicyclic amines) is 1. The van der Waals surface area contributed by atoms with Crippen LogP contribution in [0.5, 0.6) is 0 Å². The van der Waals surface area contributed by atoms with E-state index in [2.05, 4.69) is 19.9 Å². The van der Waals surface area contributed by atoms with Crippen LogP contribution in [0.2, 0.25) is 0 Å². The molecule has 3 aromatic heterocycles. The fraction of sp³-hybridized carbons (Fsp3) is 0.250. The first-order valence-corrected chi connectivity index (χ1v) is 13.9. The van der Waals surface area contributed by atoms with Gasteiger partial charge >= 0.3 is 0 Å². The Bertz CT molecular complexity index is 1870. The zero-order valence-corrected chi connectivity index (χ0v) is 23.3. The van der Waals surface area contributed by atoms with Crippen molar-refractivity contribution in [2.24, 2.45) is 0 Å². The second kappa shape index (κ2) is 10.0. The quantitative estimate of drug-likeness (QED) is 0.264. The van der Waals surface area contributed by atoms with E-state index in [4.69, 9.17) is 9.40 Å². The Morgan fingerprint density at radius 3 is 2.51 bits per heavy atom. The highest BCUT2D eigenvalue weighted by Gasteiger charge is 2.37. The summed E-state index contributed by atoms with van der Waals surface area (Å²) in [6, 6.07) is 21.5. The van der Waals surface area contributed by atoms with E-state index >= 15 is 0 Å². The molecule has 9 heteroatoms. The second-order valence-corrected chi connectivity index (χ2v) is 10.9. The van der Waals surface area contributed by atoms with Crippen molar-refractivity contribution in [1.82, 2.24) is 34.7 Å². The van der Waals surface area contributed by atoms with Crippen LogP contribution in [-0.2, 0) is 4.79 Å². The van der Waals surface area contributed by atoms with Gasteiger partial charge < -0.3 is 19.3 Å². The number of hydrogen-bond acceptors (Lipinski definition) is 6. The third-order valence-electron chi connectivity index (χ3n) is 7.85. The van der Waals surface area contributed by atoms with Gasteiger partial charge in [0, 0.05) is 17.7 Å². The van der Waals surface area contributed by atoms with Crippen LogP contribution in [0.3, 0.4) is 0 Å². The molecular formula is C32H31N7O2. The number of aromatic amines is 2. The van der Waals surface area contributed by atoms with E-state index in [9.17, 15) is 4.79 Å². The highest BCUT2D eigenvalue weighted by molar-refractivity contribution is 5.85. The first-order valence-electron chi connectivity index (χ1n) is 13.9. The normalized spacial score (nSPS) is 16.3. The number of likely N-dealkylation sites (N-methyl/N-ethyl adjacent to an activating group) is 1. The molecule has 7 rings (SSSR count). The maximum absolute atomic E-state index is 13.8. The van der Waals surface area contributed by atoms with Crippen molar-refractivity contribution < 1.29 is 9.21 Å². The van der Waals surface area contributed by atoms with E-state index < -0.39 is 0 Å². The van der Waals surface area contributed by atoms with Crippen molar-refractivity contribution in [1.29, 1.82) is 0 Å². The van der Waals surface area contributed by atoms with Crippen LogP contribution in [0.15, 0.2) is 77.3 Å². The Labute approximate surface area is 237 Å². The molecule has 1 fully saturated rings. The molecule has 0 spiro atoms. The fourth-order valence-corrected chi connectivity index (χ4v) is 5.92. The van der Waals surface area contributed by atoms with Crippen LogP contribution in [0, 0.1) is 6.92 Å². The Hall–Kier alpha value is -4.76. The molecule has 1 unspecified atom stereocenters. The van der Waals surface area contributed by atoms with Gasteiger partial charge in [-0.25, -0.2) is 15.0 Å². The van der Waals surface area contributed by atoms with E-state index in [1.54, 1.807) is 6.20 Å². The highest BCUT2D eigenvalue weighted by Crippen LogP contribution is 2.36. The standard InChI is InChI=1S/C32H31N7O2/c1-19-34-23-13-11-21(16-25(23)35-19)28-18-33-31(41-28)22-12-14-24-26(17-22)37-30(36-24)27-10-7-15-39(27)32(40)29(38(2)3)20-8-5-4-6-9-20/h4-6,8-9,11-14,16-18,27,29H,7,10,15H2,1-3H3,(H,34,35)(H,36,37)/t27?,29-/m1/s1. The third-order valence-corrected chi connectivity index (χ3v) is 7.85. The summed E-state index contributed by atoms with van der Waals surface area (Å²) in [5.74, 6) is 3.01. The number of nitrogens with one attached hydrogen (secondary N) is 2. The van der Waals surface area contributed by atoms with Gasteiger partial charge in [-0.2, -0.15) is 0 Å². The molecule has 4 heterocycles. The lowest BCUT2D eigenvalue weighted by molar-refractivity contribution is -0.137. The smallest absolute Gasteiger partial charge is 0.245 e. The predicted octanol–water partition coefficient (Wildman–Crippen LogP) is 6.04. The largest absolute Gasteiger partial charge is 0.436 e. The average Bonchev–Trinajstić information content (AvgIpc) is 3.77. The van der Waals surface area contributed by atoms with Crippen molar-refractivity contribution >= 4 is 28.0 Å². The van der Waals surface area contributed by atoms with E-state index in [-0.39, 0.29) is 18.0 Å². The van der Waals surface area contributed by atoms with Gasteiger partial charge in [0.25, 0.3) is 0 Å². The predicted molar refractivity (Wildman–Crippen MR) is 158 cm³/mol. The second-order valence-electron chi connectivity index (χ2n) is 10.9. The molecule has 0 aliphatic carbocycles. The Morgan fingerprint density at radius 2 is 1.71 bits per heavy atom. The minimum absolute atomic E-state index is 0.0978. The number of carbonyl (C=O) groups excluding carboxylic acids is 1. The van der Waals surface area contributed by atoms with Crippen molar-refractivity contribution in [3.05, 3.63) is 90.1 Å². The van der Waals surface area contributed by atoms with Crippen LogP contribution in [0.25, 0.3) is 44.8 Å². The first kappa shape index (κ1) is 25.2. The van der Waals surface area contributed by atoms with Gasteiger partial charge in [0.05, 0.1) is 34.3 Å². The molecular weight excluding hydrogens is 514 g/mol. The molecule has 206 valence electrons. The molecule has 1 amide bonds. The topological polar surface area (TPSA) is 107 Å². The van der Waals surface area contributed by atoms with Crippen LogP contribution >= 0.6 is 0 Å². The molecule has 1 aliphatic rings. The van der Waals surface area contributed by atoms with Gasteiger partial charge in [-0.15, -0.1) is 0 Å². The van der Waals surface area contributed by atoms with E-state index in [1.807, 2.05) is 97.5 Å². The Kier molecular flexibility index (Phi) is 6.16. The Balaban J connectivity index is 1.16. The average molecular weight is 546 g/mol. The molecule has 2 N–H and O–H groups in total. The molecule has 1 saturated heterocycles. The van der Waals surface area contributed by atoms with Crippen molar-refractivity contribution in [2.75, 3.05) is 20.6 Å². The molecule has 6 aromatic rings. The first-order chi connectivity index (χ1) is 19.9. The van der Waals surface area contributed by atoms with Crippen molar-refractivity contribution in [3.63, 3.8) is 0 Å². The number of amides is 1. The van der Waals surface area contributed by atoms with Gasteiger partial charge in [0.15, 0.2) is 5.76 Å². The number of fused-ring (bicyclic) bond motifs is 2. The highest BCUT2D eigenvalue weighted by atomic mass is 16.4. The molecule has 9 nitrogen and oxygen atoms in total. The summed E-state index contributed by atoms with van der Waals surface area (Å²) in [6.45, 7) is 2.66. The van der Waals surface area contributed by atoms with Gasteiger partial charge in [-0.1, -0.05) is 30.3 Å². The molecule has 41 heavy (non-hydrogen) atoms. The number of nitrogens with zero attached hydrogens (tertiary/aromatic N) is 5. The number of aromatic nitrogens is 5. The summed E-state index contributed by atoms with van der Waals surface area (Å²) in [7, 11) is 3.90. The number of oxazole rings is 1. The molecule has 0 saturated carbocycles. The van der Waals surface area contributed by atoms with Gasteiger partial charge in [0.2, 0.25) is 11.8 Å². The minimum Gasteiger partial charge on any atom is -0.436 e. The lowest BCUT2D eigenvalue weighted by atomic mass is 10.0. The minimum atomic E-state index is -0.343. The maximum Gasteiger partial charge on any atom is 0.245 e. The molecule has 2 atom stereocenters. The summed E-state index contributed by atoms with van der Waals surface area (Å²) >= 11 is 0. The number of hydrogen-bond donors (Lipinski definition) is 2. The summed E-state index contributed by atoms with van der Waals surface area (Å²) in [4.78, 5) is 38.5. The van der Waals surface area contributed by atoms with Crippen LogP contribution in [-0.4, -0.2) is 61.3 Å². The zero-order chi connectivity index (χ0) is 28.1. The Morgan fingerprint density at radius 1 is 0.976 bits per heavy atom. The van der Waals surface area contributed by atoms with E-state index in [0.717, 1.165) is 63.2 Å². The lowest BCUT2D eigenvalue weighted by Crippen LogP contribution is -2.40. The van der Waals surface area contributed by atoms with E-state index in [1.165, 1.54) is 0 Å². The van der Waals surface area contributed by atoms with Crippen LogP contribution < -0.4 is 0 Å². The summed E-state index contributed by atoms with van der Waals surface area (Å²) in [5.41, 5.74) is 6.40. The molecule has 3 aromatic carbocycles. The number of imidazole rings is 2. The molecule has 0 radical (unpaired) electrons. The maximum atomic E-state index is 13.8. The lowest BCUT2D eigenvalue weighted by Gasteiger charge is -2.31. The molecule has 1 aliphatic heterocycles. The van der Waals surface area contributed by atoms with Crippen molar-refractivity contribution in [3.8, 4) is 22.8 Å². The summed E-state index contributed by atoms with van der Waals surface area (Å²) in [6.07, 6.45) is 3.56. The summed E-state index contributed by atoms with van der Waals surface area (Å²) < 4.78 is 6.17. The SMILES string of the molecule is Cc1nc2ccc(-c3cnc(-c4ccc5nc(C6CCCN6C(=O)[C@@H](c6ccccc6)N(C)C)[nH]c5c4)o3)cc2[nH]1. The van der Waals surface area contributed by atoms with Gasteiger partial charge in [-0.3, -0.25) is 9.69 Å². The third kappa shape index (κ3) is 4.58. The monoisotopic (exact) mass is 545 g/mol. The fourth-order valence-electron chi connectivity index (χ4n) is 5.92. The number of H-pyrrole nitrogens is 2. The number of carbonyl (C=O) groups is 1. The van der Waals surface area contributed by atoms with E-state index in [0.29, 0.717) is 18.2 Å². The number of aryl methyl sites for hydroxylation is 1. The number of benzene rings is 3. The van der Waals surface area contributed by atoms with Crippen LogP contribution in [0.1, 0.15) is 42.1 Å². The zero-order valence-electron chi connectivity index (χ0n) is 23.3. The van der Waals surface area contributed by atoms with Crippen molar-refractivity contribution in [2.45, 2.75) is 31.8 Å². The molecule has 0 bridgehead atoms. The number of rotatable bonds is 6. The van der Waals surface area contributed by atoms with Crippen LogP contribution in [0.4, 0.5) is 0 Å². The summed E-state index contributed by atoms with van der Waals surface area (Å²) in [5, 5.41) is 0. The van der Waals surface area contributed by atoms with Gasteiger partial charge in [0.1, 0.15) is 17.7 Å². The van der Waals surface area contributed by atoms with Gasteiger partial charge in [-0.05, 0) is 75.8 Å².